The van der Waals surface area contributed by atoms with Gasteiger partial charge in [-0.25, -0.2) is 4.98 Å². The van der Waals surface area contributed by atoms with E-state index in [4.69, 9.17) is 4.74 Å². The van der Waals surface area contributed by atoms with Gasteiger partial charge in [0.2, 0.25) is 0 Å². The lowest BCUT2D eigenvalue weighted by Crippen LogP contribution is -2.00. The van der Waals surface area contributed by atoms with Crippen molar-refractivity contribution in [2.45, 2.75) is 13.5 Å². The van der Waals surface area contributed by atoms with Crippen LogP contribution < -0.4 is 10.1 Å². The van der Waals surface area contributed by atoms with Crippen LogP contribution in [0.3, 0.4) is 0 Å². The Kier molecular flexibility index (Phi) is 5.18. The second kappa shape index (κ2) is 7.10. The van der Waals surface area contributed by atoms with Crippen molar-refractivity contribution in [2.24, 2.45) is 0 Å². The number of nitrogens with zero attached hydrogens (tertiary/aromatic N) is 1. The normalized spacial score (nSPS) is 10.1. The van der Waals surface area contributed by atoms with Crippen LogP contribution in [-0.2, 0) is 6.54 Å². The third-order valence-corrected chi connectivity index (χ3v) is 3.63. The van der Waals surface area contributed by atoms with Crippen molar-refractivity contribution in [2.75, 3.05) is 11.9 Å². The molecule has 0 saturated heterocycles. The predicted molar refractivity (Wildman–Crippen MR) is 86.1 cm³/mol. The number of nitrogens with one attached hydrogen (secondary N) is 1. The van der Waals surface area contributed by atoms with Gasteiger partial charge in [-0.3, -0.25) is 0 Å². The average molecular weight is 333 g/mol. The van der Waals surface area contributed by atoms with Gasteiger partial charge in [-0.2, -0.15) is 0 Å². The van der Waals surface area contributed by atoms with E-state index in [-0.39, 0.29) is 0 Å². The summed E-state index contributed by atoms with van der Waals surface area (Å²) in [6.07, 6.45) is 3.55. The highest BCUT2D eigenvalue weighted by atomic mass is 79.9. The van der Waals surface area contributed by atoms with E-state index in [1.165, 1.54) is 5.56 Å². The van der Waals surface area contributed by atoms with Gasteiger partial charge in [0.05, 0.1) is 11.9 Å². The molecule has 0 unspecified atom stereocenters. The number of aromatic nitrogens is 1. The molecule has 0 amide bonds. The first kappa shape index (κ1) is 14.6. The molecule has 20 heavy (non-hydrogen) atoms. The smallest absolute Gasteiger partial charge is 0.119 e. The Hall–Kier alpha value is -1.81. The number of pyridine rings is 1. The molecule has 104 valence electrons. The summed E-state index contributed by atoms with van der Waals surface area (Å²) >= 11 is 3.39. The minimum absolute atomic E-state index is 0.529. The Morgan fingerprint density at radius 1 is 1.35 bits per heavy atom. The molecule has 0 atom stereocenters. The Labute approximate surface area is 127 Å². The van der Waals surface area contributed by atoms with E-state index in [1.807, 2.05) is 37.4 Å². The third-order valence-electron chi connectivity index (χ3n) is 2.80. The number of anilines is 1. The Balaban J connectivity index is 1.93. The van der Waals surface area contributed by atoms with Gasteiger partial charge in [0.15, 0.2) is 0 Å². The fourth-order valence-electron chi connectivity index (χ4n) is 1.72. The third kappa shape index (κ3) is 4.10. The Morgan fingerprint density at radius 3 is 2.75 bits per heavy atom. The monoisotopic (exact) mass is 332 g/mol. The minimum atomic E-state index is 0.529. The molecule has 0 radical (unpaired) electrons. The molecule has 0 bridgehead atoms. The van der Waals surface area contributed by atoms with Crippen LogP contribution in [-0.4, -0.2) is 11.6 Å². The fourth-order valence-corrected chi connectivity index (χ4v) is 1.93. The minimum Gasteiger partial charge on any atom is -0.490 e. The molecule has 0 aliphatic rings. The number of rotatable bonds is 6. The van der Waals surface area contributed by atoms with Gasteiger partial charge in [0.25, 0.3) is 0 Å². The molecule has 2 aromatic rings. The maximum atomic E-state index is 5.45. The van der Waals surface area contributed by atoms with Crippen molar-refractivity contribution < 1.29 is 4.74 Å². The van der Waals surface area contributed by atoms with Gasteiger partial charge < -0.3 is 10.1 Å². The number of benzene rings is 1. The van der Waals surface area contributed by atoms with Gasteiger partial charge in [-0.1, -0.05) is 24.8 Å². The van der Waals surface area contributed by atoms with Crippen LogP contribution >= 0.6 is 15.9 Å². The maximum Gasteiger partial charge on any atom is 0.119 e. The van der Waals surface area contributed by atoms with Crippen LogP contribution in [0.4, 0.5) is 5.69 Å². The second-order valence-electron chi connectivity index (χ2n) is 4.43. The van der Waals surface area contributed by atoms with E-state index in [0.29, 0.717) is 6.61 Å². The van der Waals surface area contributed by atoms with Crippen LogP contribution in [0.15, 0.2) is 53.8 Å². The SMILES string of the molecule is C=CCOc1ccc(CNc2cnc(Br)c(C)c2)cc1. The number of ether oxygens (including phenoxy) is 1. The largest absolute Gasteiger partial charge is 0.490 e. The summed E-state index contributed by atoms with van der Waals surface area (Å²) in [5.74, 6) is 0.856. The molecular formula is C16H17BrN2O. The first-order valence-corrected chi connectivity index (χ1v) is 7.17. The van der Waals surface area contributed by atoms with E-state index in [2.05, 4.69) is 38.9 Å². The molecule has 4 heteroatoms. The summed E-state index contributed by atoms with van der Waals surface area (Å²) in [7, 11) is 0. The molecular weight excluding hydrogens is 316 g/mol. The average Bonchev–Trinajstić information content (AvgIpc) is 2.47. The van der Waals surface area contributed by atoms with E-state index in [0.717, 1.165) is 28.1 Å². The summed E-state index contributed by atoms with van der Waals surface area (Å²) in [4.78, 5) is 4.26. The van der Waals surface area contributed by atoms with Crippen LogP contribution in [0.25, 0.3) is 0 Å². The number of hydrogen-bond acceptors (Lipinski definition) is 3. The molecule has 0 fully saturated rings. The highest BCUT2D eigenvalue weighted by Crippen LogP contribution is 2.18. The standard InChI is InChI=1S/C16H17BrN2O/c1-3-8-20-15-6-4-13(5-7-15)10-18-14-9-12(2)16(17)19-11-14/h3-7,9,11,18H,1,8,10H2,2H3. The summed E-state index contributed by atoms with van der Waals surface area (Å²) in [6, 6.07) is 10.1. The predicted octanol–water partition coefficient (Wildman–Crippen LogP) is 4.33. The summed E-state index contributed by atoms with van der Waals surface area (Å²) in [5, 5.41) is 3.35. The molecule has 0 aliphatic heterocycles. The first-order valence-electron chi connectivity index (χ1n) is 6.37. The van der Waals surface area contributed by atoms with E-state index >= 15 is 0 Å². The Morgan fingerprint density at radius 2 is 2.10 bits per heavy atom. The van der Waals surface area contributed by atoms with E-state index in [1.54, 1.807) is 6.08 Å². The first-order chi connectivity index (χ1) is 9.69. The van der Waals surface area contributed by atoms with E-state index < -0.39 is 0 Å². The quantitative estimate of drug-likeness (QED) is 0.631. The van der Waals surface area contributed by atoms with Gasteiger partial charge in [-0.05, 0) is 52.2 Å². The molecule has 1 aromatic carbocycles. The molecule has 0 spiro atoms. The van der Waals surface area contributed by atoms with Crippen molar-refractivity contribution in [3.63, 3.8) is 0 Å². The number of aryl methyl sites for hydroxylation is 1. The molecule has 2 rings (SSSR count). The molecule has 1 N–H and O–H groups in total. The highest BCUT2D eigenvalue weighted by Gasteiger charge is 1.99. The van der Waals surface area contributed by atoms with Crippen molar-refractivity contribution in [3.05, 3.63) is 64.9 Å². The van der Waals surface area contributed by atoms with Crippen molar-refractivity contribution in [1.29, 1.82) is 0 Å². The van der Waals surface area contributed by atoms with Crippen LogP contribution in [0.2, 0.25) is 0 Å². The van der Waals surface area contributed by atoms with Crippen molar-refractivity contribution >= 4 is 21.6 Å². The van der Waals surface area contributed by atoms with Gasteiger partial charge in [-0.15, -0.1) is 0 Å². The number of hydrogen-bond donors (Lipinski definition) is 1. The lowest BCUT2D eigenvalue weighted by atomic mass is 10.2. The van der Waals surface area contributed by atoms with E-state index in [9.17, 15) is 0 Å². The molecule has 1 heterocycles. The zero-order valence-corrected chi connectivity index (χ0v) is 13.0. The fraction of sp³-hybridized carbons (Fsp3) is 0.188. The Bertz CT molecular complexity index is 582. The van der Waals surface area contributed by atoms with Crippen LogP contribution in [0.1, 0.15) is 11.1 Å². The lowest BCUT2D eigenvalue weighted by molar-refractivity contribution is 0.363. The zero-order valence-electron chi connectivity index (χ0n) is 11.4. The maximum absolute atomic E-state index is 5.45. The number of halogens is 1. The lowest BCUT2D eigenvalue weighted by Gasteiger charge is -2.09. The van der Waals surface area contributed by atoms with Gasteiger partial charge >= 0.3 is 0 Å². The van der Waals surface area contributed by atoms with Crippen LogP contribution in [0, 0.1) is 6.92 Å². The van der Waals surface area contributed by atoms with Crippen LogP contribution in [0.5, 0.6) is 5.75 Å². The van der Waals surface area contributed by atoms with Crippen molar-refractivity contribution in [1.82, 2.24) is 4.98 Å². The second-order valence-corrected chi connectivity index (χ2v) is 5.18. The molecule has 0 saturated carbocycles. The van der Waals surface area contributed by atoms with Gasteiger partial charge in [0.1, 0.15) is 17.0 Å². The summed E-state index contributed by atoms with van der Waals surface area (Å²) < 4.78 is 6.33. The summed E-state index contributed by atoms with van der Waals surface area (Å²) in [6.45, 7) is 6.93. The highest BCUT2D eigenvalue weighted by molar-refractivity contribution is 9.10. The molecule has 0 aliphatic carbocycles. The topological polar surface area (TPSA) is 34.1 Å². The summed E-state index contributed by atoms with van der Waals surface area (Å²) in [5.41, 5.74) is 3.32. The van der Waals surface area contributed by atoms with Gasteiger partial charge in [0, 0.05) is 6.54 Å². The zero-order chi connectivity index (χ0) is 14.4. The van der Waals surface area contributed by atoms with Crippen molar-refractivity contribution in [3.8, 4) is 5.75 Å². The molecule has 1 aromatic heterocycles. The molecule has 3 nitrogen and oxygen atoms in total.